The fourth-order valence-corrected chi connectivity index (χ4v) is 8.42. The third-order valence-corrected chi connectivity index (χ3v) is 10.7. The smallest absolute Gasteiger partial charge is 0.258 e. The Morgan fingerprint density at radius 3 is 2.75 bits per heavy atom. The van der Waals surface area contributed by atoms with Gasteiger partial charge in [0.25, 0.3) is 15.9 Å². The van der Waals surface area contributed by atoms with Crippen LogP contribution in [0.15, 0.2) is 34.5 Å². The van der Waals surface area contributed by atoms with Crippen LogP contribution in [0.1, 0.15) is 42.2 Å². The highest BCUT2D eigenvalue weighted by molar-refractivity contribution is 7.91. The van der Waals surface area contributed by atoms with Crippen LogP contribution in [0.2, 0.25) is 0 Å². The fraction of sp³-hybridized carbons (Fsp3) is 0.407. The van der Waals surface area contributed by atoms with Gasteiger partial charge in [0.1, 0.15) is 0 Å². The molecule has 0 bridgehead atoms. The Hall–Kier alpha value is -3.39. The molecule has 40 heavy (non-hydrogen) atoms. The van der Waals surface area contributed by atoms with Crippen LogP contribution in [0.25, 0.3) is 10.8 Å². The molecule has 3 heterocycles. The Morgan fingerprint density at radius 1 is 1.20 bits per heavy atom. The van der Waals surface area contributed by atoms with Crippen molar-refractivity contribution in [2.45, 2.75) is 37.3 Å². The molecule has 2 aromatic carbocycles. The predicted molar refractivity (Wildman–Crippen MR) is 153 cm³/mol. The summed E-state index contributed by atoms with van der Waals surface area (Å²) in [6.45, 7) is 4.32. The van der Waals surface area contributed by atoms with Crippen molar-refractivity contribution >= 4 is 66.4 Å². The number of ether oxygens (including phenoxy) is 1. The molecule has 1 aromatic heterocycles. The number of benzene rings is 2. The summed E-state index contributed by atoms with van der Waals surface area (Å²) < 4.78 is 33.4. The third kappa shape index (κ3) is 5.21. The Balaban J connectivity index is 1.35. The van der Waals surface area contributed by atoms with E-state index < -0.39 is 15.9 Å². The number of aromatic nitrogens is 1. The highest BCUT2D eigenvalue weighted by Crippen LogP contribution is 2.41. The molecule has 11 nitrogen and oxygen atoms in total. The minimum absolute atomic E-state index is 0.0357. The monoisotopic (exact) mass is 585 g/mol. The fourth-order valence-electron chi connectivity index (χ4n) is 5.30. The van der Waals surface area contributed by atoms with Gasteiger partial charge in [-0.15, -0.1) is 0 Å². The predicted octanol–water partition coefficient (Wildman–Crippen LogP) is 3.60. The summed E-state index contributed by atoms with van der Waals surface area (Å²) in [5, 5.41) is 7.31. The van der Waals surface area contributed by atoms with Gasteiger partial charge in [0, 0.05) is 62.3 Å². The van der Waals surface area contributed by atoms with Gasteiger partial charge >= 0.3 is 0 Å². The van der Waals surface area contributed by atoms with Crippen LogP contribution >= 0.6 is 11.3 Å². The summed E-state index contributed by atoms with van der Waals surface area (Å²) >= 11 is 0.905. The van der Waals surface area contributed by atoms with Crippen molar-refractivity contribution in [3.63, 3.8) is 0 Å². The first-order chi connectivity index (χ1) is 19.1. The molecule has 2 aliphatic rings. The summed E-state index contributed by atoms with van der Waals surface area (Å²) in [5.41, 5.74) is 2.28. The van der Waals surface area contributed by atoms with E-state index in [9.17, 15) is 22.8 Å². The first-order valence-electron chi connectivity index (χ1n) is 13.0. The summed E-state index contributed by atoms with van der Waals surface area (Å²) in [4.78, 5) is 43.8. The maximum Gasteiger partial charge on any atom is 0.258 e. The lowest BCUT2D eigenvalue weighted by Gasteiger charge is -2.31. The number of piperidine rings is 1. The van der Waals surface area contributed by atoms with Crippen LogP contribution in [-0.2, 0) is 24.3 Å². The number of carbonyl (C=O) groups excluding carboxylic acids is 3. The Morgan fingerprint density at radius 2 is 2.00 bits per heavy atom. The average Bonchev–Trinajstić information content (AvgIpc) is 3.43. The van der Waals surface area contributed by atoms with Gasteiger partial charge in [0.05, 0.1) is 17.3 Å². The lowest BCUT2D eigenvalue weighted by molar-refractivity contribution is -0.121. The van der Waals surface area contributed by atoms with E-state index in [0.29, 0.717) is 55.9 Å². The second kappa shape index (κ2) is 11.2. The Bertz CT molecular complexity index is 1600. The largest absolute Gasteiger partial charge is 0.385 e. The van der Waals surface area contributed by atoms with Crippen molar-refractivity contribution in [2.24, 2.45) is 5.92 Å². The number of sulfonamides is 1. The summed E-state index contributed by atoms with van der Waals surface area (Å²) in [5.74, 6) is -1.24. The first-order valence-corrected chi connectivity index (χ1v) is 15.3. The van der Waals surface area contributed by atoms with E-state index in [1.807, 2.05) is 12.1 Å². The van der Waals surface area contributed by atoms with Crippen molar-refractivity contribution in [3.05, 3.63) is 41.6 Å². The zero-order valence-electron chi connectivity index (χ0n) is 22.5. The number of nitrogens with one attached hydrogen (secondary N) is 2. The van der Waals surface area contributed by atoms with E-state index in [1.165, 1.54) is 11.2 Å². The molecule has 2 N–H and O–H groups in total. The molecule has 1 fully saturated rings. The molecule has 2 aliphatic heterocycles. The molecule has 0 aliphatic carbocycles. The number of thiazole rings is 1. The summed E-state index contributed by atoms with van der Waals surface area (Å²) in [7, 11) is -2.27. The van der Waals surface area contributed by atoms with E-state index >= 15 is 0 Å². The number of amides is 3. The van der Waals surface area contributed by atoms with Gasteiger partial charge in [-0.25, -0.2) is 13.4 Å². The van der Waals surface area contributed by atoms with Gasteiger partial charge in [-0.05, 0) is 44.4 Å². The molecule has 13 heteroatoms. The van der Waals surface area contributed by atoms with Crippen LogP contribution < -0.4 is 15.5 Å². The molecule has 1 unspecified atom stereocenters. The maximum atomic E-state index is 13.5. The van der Waals surface area contributed by atoms with Crippen molar-refractivity contribution in [1.29, 1.82) is 0 Å². The van der Waals surface area contributed by atoms with Gasteiger partial charge in [-0.3, -0.25) is 14.4 Å². The molecule has 1 atom stereocenters. The third-order valence-electron chi connectivity index (χ3n) is 7.14. The van der Waals surface area contributed by atoms with Gasteiger partial charge in [-0.2, -0.15) is 4.31 Å². The van der Waals surface area contributed by atoms with Gasteiger partial charge < -0.3 is 20.3 Å². The molecule has 5 rings (SSSR count). The van der Waals surface area contributed by atoms with E-state index in [-0.39, 0.29) is 33.6 Å². The number of nitrogens with zero attached hydrogens (tertiary/aromatic N) is 3. The number of methoxy groups -OCH3 is 1. The standard InChI is InChI=1S/C27H31N5O6S2/c1-16-26(39-27(28-16)29-17(2)33)40(36,37)31-12-5-7-18(15-31)24(34)30-21-10-11-22-23-19(21)8-4-9-20(23)25(35)32(22)13-6-14-38-3/h4,8-11,18H,5-7,12-15H2,1-3H3,(H,30,34)(H,28,29,33). The number of hydrogen-bond donors (Lipinski definition) is 2. The number of rotatable bonds is 9. The average molecular weight is 586 g/mol. The minimum atomic E-state index is -3.90. The molecule has 0 radical (unpaired) electrons. The molecule has 3 aromatic rings. The normalized spacial score (nSPS) is 17.4. The van der Waals surface area contributed by atoms with Crippen LogP contribution in [0.5, 0.6) is 0 Å². The van der Waals surface area contributed by atoms with Gasteiger partial charge in [-0.1, -0.05) is 23.5 Å². The van der Waals surface area contributed by atoms with Crippen molar-refractivity contribution in [2.75, 3.05) is 48.9 Å². The van der Waals surface area contributed by atoms with Crippen LogP contribution in [0.3, 0.4) is 0 Å². The number of carbonyl (C=O) groups is 3. The summed E-state index contributed by atoms with van der Waals surface area (Å²) in [6.07, 6.45) is 1.78. The topological polar surface area (TPSA) is 138 Å². The molecular weight excluding hydrogens is 554 g/mol. The molecule has 1 saturated heterocycles. The van der Waals surface area contributed by atoms with E-state index in [4.69, 9.17) is 4.74 Å². The second-order valence-corrected chi connectivity index (χ2v) is 13.1. The summed E-state index contributed by atoms with van der Waals surface area (Å²) in [6, 6.07) is 9.10. The highest BCUT2D eigenvalue weighted by atomic mass is 32.2. The lowest BCUT2D eigenvalue weighted by atomic mass is 9.98. The van der Waals surface area contributed by atoms with E-state index in [2.05, 4.69) is 15.6 Å². The lowest BCUT2D eigenvalue weighted by Crippen LogP contribution is -2.43. The molecule has 212 valence electrons. The molecular formula is C27H31N5O6S2. The second-order valence-electron chi connectivity index (χ2n) is 9.93. The SMILES string of the molecule is COCCCN1C(=O)c2cccc3c(NC(=O)C4CCCN(S(=O)(=O)c5sc(NC(C)=O)nc5C)C4)ccc1c23. The van der Waals surface area contributed by atoms with Crippen LogP contribution in [0.4, 0.5) is 16.5 Å². The first kappa shape index (κ1) is 28.1. The van der Waals surface area contributed by atoms with Gasteiger partial charge in [0.2, 0.25) is 11.8 Å². The zero-order valence-corrected chi connectivity index (χ0v) is 24.2. The Kier molecular flexibility index (Phi) is 7.91. The quantitative estimate of drug-likeness (QED) is 0.366. The molecule has 0 spiro atoms. The maximum absolute atomic E-state index is 13.5. The van der Waals surface area contributed by atoms with Crippen molar-refractivity contribution in [3.8, 4) is 0 Å². The molecule has 3 amide bonds. The highest BCUT2D eigenvalue weighted by Gasteiger charge is 2.36. The van der Waals surface area contributed by atoms with Gasteiger partial charge in [0.15, 0.2) is 9.34 Å². The minimum Gasteiger partial charge on any atom is -0.385 e. The van der Waals surface area contributed by atoms with E-state index in [1.54, 1.807) is 37.1 Å². The van der Waals surface area contributed by atoms with Crippen molar-refractivity contribution in [1.82, 2.24) is 9.29 Å². The van der Waals surface area contributed by atoms with Crippen LogP contribution in [0, 0.1) is 12.8 Å². The van der Waals surface area contributed by atoms with Crippen LogP contribution in [-0.4, -0.2) is 68.8 Å². The van der Waals surface area contributed by atoms with E-state index in [0.717, 1.165) is 27.8 Å². The zero-order chi connectivity index (χ0) is 28.6. The molecule has 0 saturated carbocycles. The number of hydrogen-bond acceptors (Lipinski definition) is 8. The Labute approximate surface area is 236 Å². The number of aryl methyl sites for hydroxylation is 1. The van der Waals surface area contributed by atoms with Crippen molar-refractivity contribution < 1.29 is 27.5 Å². The number of anilines is 3.